The van der Waals surface area contributed by atoms with Gasteiger partial charge in [0, 0.05) is 24.5 Å². The van der Waals surface area contributed by atoms with Crippen molar-refractivity contribution in [1.29, 1.82) is 0 Å². The molecule has 20 heavy (non-hydrogen) atoms. The van der Waals surface area contributed by atoms with Crippen molar-refractivity contribution < 1.29 is 9.53 Å². The van der Waals surface area contributed by atoms with Gasteiger partial charge in [-0.05, 0) is 38.0 Å². The number of nitrogens with zero attached hydrogens (tertiary/aromatic N) is 1. The monoisotopic (exact) mass is 276 g/mol. The molecule has 0 aliphatic carbocycles. The van der Waals surface area contributed by atoms with Gasteiger partial charge in [0.15, 0.2) is 0 Å². The fraction of sp³-hybridized carbons (Fsp3) is 0.562. The van der Waals surface area contributed by atoms with E-state index in [-0.39, 0.29) is 17.5 Å². The van der Waals surface area contributed by atoms with E-state index in [1.807, 2.05) is 17.0 Å². The molecule has 1 aliphatic heterocycles. The number of nitrogens with one attached hydrogen (secondary N) is 1. The summed E-state index contributed by atoms with van der Waals surface area (Å²) in [6, 6.07) is 8.44. The molecule has 1 saturated heterocycles. The number of hydrogen-bond donors (Lipinski definition) is 1. The number of rotatable bonds is 4. The molecule has 0 saturated carbocycles. The minimum atomic E-state index is 0.0483. The minimum absolute atomic E-state index is 0.0483. The van der Waals surface area contributed by atoms with Gasteiger partial charge in [0.1, 0.15) is 5.75 Å². The predicted octanol–water partition coefficient (Wildman–Crippen LogP) is 2.68. The zero-order valence-corrected chi connectivity index (χ0v) is 12.8. The second-order valence-electron chi connectivity index (χ2n) is 6.22. The maximum atomic E-state index is 11.9. The van der Waals surface area contributed by atoms with Crippen LogP contribution in [-0.4, -0.2) is 37.2 Å². The molecule has 0 bridgehead atoms. The Hall–Kier alpha value is -1.71. The van der Waals surface area contributed by atoms with Gasteiger partial charge in [-0.15, -0.1) is 0 Å². The largest absolute Gasteiger partial charge is 0.497 e. The molecular weight excluding hydrogens is 252 g/mol. The van der Waals surface area contributed by atoms with Crippen LogP contribution < -0.4 is 10.1 Å². The number of carbonyl (C=O) groups is 1. The minimum Gasteiger partial charge on any atom is -0.497 e. The molecule has 1 unspecified atom stereocenters. The topological polar surface area (TPSA) is 41.6 Å². The van der Waals surface area contributed by atoms with Crippen molar-refractivity contribution in [2.45, 2.75) is 33.2 Å². The molecule has 1 heterocycles. The summed E-state index contributed by atoms with van der Waals surface area (Å²) in [6.07, 6.45) is 0.945. The Morgan fingerprint density at radius 3 is 2.55 bits per heavy atom. The van der Waals surface area contributed by atoms with Gasteiger partial charge in [-0.3, -0.25) is 0 Å². The zero-order chi connectivity index (χ0) is 14.8. The number of carbonyl (C=O) groups excluding carboxylic acids is 1. The molecule has 4 nitrogen and oxygen atoms in total. The molecule has 1 fully saturated rings. The fourth-order valence-corrected chi connectivity index (χ4v) is 2.70. The summed E-state index contributed by atoms with van der Waals surface area (Å²) < 4.78 is 5.18. The summed E-state index contributed by atoms with van der Waals surface area (Å²) in [5.41, 5.74) is 1.33. The summed E-state index contributed by atoms with van der Waals surface area (Å²) in [7, 11) is 1.67. The van der Waals surface area contributed by atoms with Gasteiger partial charge in [-0.1, -0.05) is 19.1 Å². The van der Waals surface area contributed by atoms with Crippen LogP contribution in [0.2, 0.25) is 0 Å². The highest BCUT2D eigenvalue weighted by molar-refractivity contribution is 5.75. The zero-order valence-electron chi connectivity index (χ0n) is 12.8. The second kappa shape index (κ2) is 5.73. The molecule has 4 heteroatoms. The lowest BCUT2D eigenvalue weighted by molar-refractivity contribution is 0.110. The standard InChI is InChI=1S/C16H24N2O2/c1-12(2)18-11-16(3,10-17-15(18)19)9-13-5-7-14(20-4)8-6-13/h5-8,12H,9-11H2,1-4H3,(H,17,19). The van der Waals surface area contributed by atoms with Crippen molar-refractivity contribution in [2.75, 3.05) is 20.2 Å². The number of benzene rings is 1. The lowest BCUT2D eigenvalue weighted by Crippen LogP contribution is -2.58. The Morgan fingerprint density at radius 2 is 2.00 bits per heavy atom. The van der Waals surface area contributed by atoms with Crippen molar-refractivity contribution in [2.24, 2.45) is 5.41 Å². The predicted molar refractivity (Wildman–Crippen MR) is 80.0 cm³/mol. The van der Waals surface area contributed by atoms with Gasteiger partial charge in [-0.25, -0.2) is 4.79 Å². The average molecular weight is 276 g/mol. The molecule has 1 aliphatic rings. The van der Waals surface area contributed by atoms with E-state index in [0.29, 0.717) is 0 Å². The molecule has 110 valence electrons. The van der Waals surface area contributed by atoms with E-state index in [9.17, 15) is 4.79 Å². The van der Waals surface area contributed by atoms with E-state index in [1.165, 1.54) is 5.56 Å². The summed E-state index contributed by atoms with van der Waals surface area (Å²) in [5.74, 6) is 0.875. The molecule has 2 rings (SSSR count). The van der Waals surface area contributed by atoms with Crippen LogP contribution in [-0.2, 0) is 6.42 Å². The molecular formula is C16H24N2O2. The first-order valence-corrected chi connectivity index (χ1v) is 7.11. The van der Waals surface area contributed by atoms with Crippen molar-refractivity contribution in [3.8, 4) is 5.75 Å². The first kappa shape index (κ1) is 14.7. The highest BCUT2D eigenvalue weighted by Crippen LogP contribution is 2.28. The lowest BCUT2D eigenvalue weighted by atomic mass is 9.81. The SMILES string of the molecule is COc1ccc(CC2(C)CNC(=O)N(C(C)C)C2)cc1. The van der Waals surface area contributed by atoms with E-state index >= 15 is 0 Å². The third-order valence-corrected chi connectivity index (χ3v) is 3.89. The third kappa shape index (κ3) is 3.24. The molecule has 2 amide bonds. The Balaban J connectivity index is 2.08. The van der Waals surface area contributed by atoms with Crippen molar-refractivity contribution in [1.82, 2.24) is 10.2 Å². The van der Waals surface area contributed by atoms with Crippen LogP contribution in [0.3, 0.4) is 0 Å². The van der Waals surface area contributed by atoms with Gasteiger partial charge < -0.3 is 15.0 Å². The number of hydrogen-bond acceptors (Lipinski definition) is 2. The average Bonchev–Trinajstić information content (AvgIpc) is 2.42. The molecule has 0 radical (unpaired) electrons. The van der Waals surface area contributed by atoms with Gasteiger partial charge >= 0.3 is 6.03 Å². The van der Waals surface area contributed by atoms with E-state index < -0.39 is 0 Å². The normalized spacial score (nSPS) is 22.9. The van der Waals surface area contributed by atoms with Crippen LogP contribution in [0.4, 0.5) is 4.79 Å². The second-order valence-corrected chi connectivity index (χ2v) is 6.22. The number of urea groups is 1. The van der Waals surface area contributed by atoms with E-state index in [1.54, 1.807) is 7.11 Å². The molecule has 1 aromatic rings. The molecule has 0 aromatic heterocycles. The van der Waals surface area contributed by atoms with Gasteiger partial charge in [0.05, 0.1) is 7.11 Å². The summed E-state index contributed by atoms with van der Waals surface area (Å²) >= 11 is 0. The van der Waals surface area contributed by atoms with Crippen LogP contribution in [0.5, 0.6) is 5.75 Å². The fourth-order valence-electron chi connectivity index (χ4n) is 2.70. The first-order chi connectivity index (χ1) is 9.43. The Bertz CT molecular complexity index is 470. The Morgan fingerprint density at radius 1 is 1.35 bits per heavy atom. The summed E-state index contributed by atoms with van der Waals surface area (Å²) in [5, 5.41) is 3.01. The quantitative estimate of drug-likeness (QED) is 0.918. The number of ether oxygens (including phenoxy) is 1. The highest BCUT2D eigenvalue weighted by atomic mass is 16.5. The highest BCUT2D eigenvalue weighted by Gasteiger charge is 2.35. The number of amides is 2. The van der Waals surface area contributed by atoms with Crippen LogP contribution in [0.15, 0.2) is 24.3 Å². The summed E-state index contributed by atoms with van der Waals surface area (Å²) in [4.78, 5) is 13.8. The van der Waals surface area contributed by atoms with Crippen molar-refractivity contribution in [3.63, 3.8) is 0 Å². The molecule has 1 N–H and O–H groups in total. The Labute approximate surface area is 121 Å². The van der Waals surface area contributed by atoms with Crippen molar-refractivity contribution in [3.05, 3.63) is 29.8 Å². The molecule has 1 aromatic carbocycles. The smallest absolute Gasteiger partial charge is 0.317 e. The van der Waals surface area contributed by atoms with Crippen LogP contribution in [0.25, 0.3) is 0 Å². The van der Waals surface area contributed by atoms with Gasteiger partial charge in [-0.2, -0.15) is 0 Å². The lowest BCUT2D eigenvalue weighted by Gasteiger charge is -2.42. The van der Waals surface area contributed by atoms with Gasteiger partial charge in [0.2, 0.25) is 0 Å². The first-order valence-electron chi connectivity index (χ1n) is 7.11. The summed E-state index contributed by atoms with van der Waals surface area (Å²) in [6.45, 7) is 7.85. The van der Waals surface area contributed by atoms with Crippen LogP contribution in [0, 0.1) is 5.41 Å². The van der Waals surface area contributed by atoms with Crippen LogP contribution in [0.1, 0.15) is 26.3 Å². The van der Waals surface area contributed by atoms with Crippen molar-refractivity contribution >= 4 is 6.03 Å². The van der Waals surface area contributed by atoms with Crippen LogP contribution >= 0.6 is 0 Å². The van der Waals surface area contributed by atoms with Gasteiger partial charge in [0.25, 0.3) is 0 Å². The van der Waals surface area contributed by atoms with E-state index in [2.05, 4.69) is 38.2 Å². The molecule has 0 spiro atoms. The number of methoxy groups -OCH3 is 1. The maximum absolute atomic E-state index is 11.9. The third-order valence-electron chi connectivity index (χ3n) is 3.89. The Kier molecular flexibility index (Phi) is 4.21. The maximum Gasteiger partial charge on any atom is 0.317 e. The van der Waals surface area contributed by atoms with E-state index in [0.717, 1.165) is 25.3 Å². The van der Waals surface area contributed by atoms with E-state index in [4.69, 9.17) is 4.74 Å². The molecule has 1 atom stereocenters.